The Bertz CT molecular complexity index is 951. The summed E-state index contributed by atoms with van der Waals surface area (Å²) in [5.41, 5.74) is -0.131. The fourth-order valence-electron chi connectivity index (χ4n) is 3.82. The van der Waals surface area contributed by atoms with Gasteiger partial charge in [-0.1, -0.05) is 27.7 Å². The van der Waals surface area contributed by atoms with Crippen LogP contribution in [-0.2, 0) is 35.7 Å². The average Bonchev–Trinajstić information content (AvgIpc) is 3.19. The number of aryl methyl sites for hydroxylation is 2. The van der Waals surface area contributed by atoms with Gasteiger partial charge in [-0.2, -0.15) is 0 Å². The highest BCUT2D eigenvalue weighted by atomic mass is 32.1. The van der Waals surface area contributed by atoms with Crippen LogP contribution in [0.1, 0.15) is 54.4 Å². The van der Waals surface area contributed by atoms with Crippen molar-refractivity contribution in [3.05, 3.63) is 21.9 Å². The molecule has 0 saturated heterocycles. The van der Waals surface area contributed by atoms with Crippen LogP contribution in [0.15, 0.2) is 12.4 Å². The first-order valence-electron chi connectivity index (χ1n) is 12.0. The molecular formula is C24H42N4O4S2. The Labute approximate surface area is 213 Å². The first kappa shape index (κ1) is 28.6. The van der Waals surface area contributed by atoms with Crippen LogP contribution in [0.2, 0.25) is 0 Å². The Balaban J connectivity index is 1.66. The van der Waals surface area contributed by atoms with E-state index in [0.717, 1.165) is 25.9 Å². The molecule has 10 heteroatoms. The maximum absolute atomic E-state index is 10.2. The van der Waals surface area contributed by atoms with Gasteiger partial charge in [-0.05, 0) is 62.0 Å². The van der Waals surface area contributed by atoms with E-state index in [0.29, 0.717) is 49.1 Å². The number of ether oxygens (including phenoxy) is 2. The van der Waals surface area contributed by atoms with Gasteiger partial charge in [0.05, 0.1) is 25.6 Å². The standard InChI is InChI=1S/C24H42N4O4S2/c1-7-25-15-19(29)27(21(25)33)17-23(3,4)9-11-31-13-14-32-12-10-24(5,6)18-28-20(30)16-26(8-2)22(28)34/h15-16,29-30H,7-14,17-18H2,1-6H3. The van der Waals surface area contributed by atoms with Crippen LogP contribution in [0, 0.1) is 20.4 Å². The second-order valence-electron chi connectivity index (χ2n) is 10.3. The summed E-state index contributed by atoms with van der Waals surface area (Å²) in [6, 6.07) is 0. The Morgan fingerprint density at radius 2 is 1.06 bits per heavy atom. The Kier molecular flexibility index (Phi) is 10.4. The highest BCUT2D eigenvalue weighted by molar-refractivity contribution is 7.71. The monoisotopic (exact) mass is 514 g/mol. The third-order valence-electron chi connectivity index (χ3n) is 6.12. The van der Waals surface area contributed by atoms with Gasteiger partial charge in [-0.15, -0.1) is 0 Å². The van der Waals surface area contributed by atoms with Gasteiger partial charge in [0.25, 0.3) is 0 Å². The quantitative estimate of drug-likeness (QED) is 0.246. The van der Waals surface area contributed by atoms with E-state index in [1.54, 1.807) is 21.5 Å². The molecule has 0 aliphatic rings. The van der Waals surface area contributed by atoms with Crippen LogP contribution in [0.3, 0.4) is 0 Å². The van der Waals surface area contributed by atoms with Gasteiger partial charge in [-0.3, -0.25) is 9.13 Å². The molecule has 0 aliphatic carbocycles. The van der Waals surface area contributed by atoms with E-state index in [2.05, 4.69) is 27.7 Å². The van der Waals surface area contributed by atoms with Crippen molar-refractivity contribution in [1.29, 1.82) is 0 Å². The molecule has 0 radical (unpaired) electrons. The Morgan fingerprint density at radius 1 is 0.706 bits per heavy atom. The molecule has 2 N–H and O–H groups in total. The number of hydrogen-bond acceptors (Lipinski definition) is 6. The summed E-state index contributed by atoms with van der Waals surface area (Å²) in [4.78, 5) is 0. The van der Waals surface area contributed by atoms with Crippen LogP contribution in [-0.4, -0.2) is 54.9 Å². The summed E-state index contributed by atoms with van der Waals surface area (Å²) in [6.45, 7) is 17.7. The van der Waals surface area contributed by atoms with Crippen molar-refractivity contribution in [2.45, 2.75) is 80.6 Å². The summed E-state index contributed by atoms with van der Waals surface area (Å²) < 4.78 is 20.2. The molecule has 0 amide bonds. The van der Waals surface area contributed by atoms with Gasteiger partial charge in [0.2, 0.25) is 11.8 Å². The first-order valence-corrected chi connectivity index (χ1v) is 12.9. The van der Waals surface area contributed by atoms with E-state index >= 15 is 0 Å². The highest BCUT2D eigenvalue weighted by Gasteiger charge is 2.22. The number of aromatic nitrogens is 4. The van der Waals surface area contributed by atoms with Crippen LogP contribution >= 0.6 is 24.4 Å². The number of rotatable bonds is 15. The lowest BCUT2D eigenvalue weighted by atomic mass is 9.89. The predicted molar refractivity (Wildman–Crippen MR) is 140 cm³/mol. The first-order chi connectivity index (χ1) is 15.9. The molecule has 2 aromatic rings. The Morgan fingerprint density at radius 3 is 1.35 bits per heavy atom. The minimum absolute atomic E-state index is 0.0655. The normalized spacial score (nSPS) is 12.5. The summed E-state index contributed by atoms with van der Waals surface area (Å²) in [6.07, 6.45) is 5.07. The van der Waals surface area contributed by atoms with Crippen molar-refractivity contribution in [3.63, 3.8) is 0 Å². The molecule has 0 saturated carbocycles. The van der Waals surface area contributed by atoms with E-state index in [9.17, 15) is 10.2 Å². The van der Waals surface area contributed by atoms with Gasteiger partial charge in [-0.25, -0.2) is 0 Å². The van der Waals surface area contributed by atoms with Crippen molar-refractivity contribution in [1.82, 2.24) is 18.3 Å². The zero-order valence-electron chi connectivity index (χ0n) is 21.5. The van der Waals surface area contributed by atoms with E-state index in [1.807, 2.05) is 23.0 Å². The molecule has 8 nitrogen and oxygen atoms in total. The van der Waals surface area contributed by atoms with Crippen molar-refractivity contribution in [2.24, 2.45) is 10.8 Å². The third-order valence-corrected chi connectivity index (χ3v) is 7.03. The molecule has 34 heavy (non-hydrogen) atoms. The fraction of sp³-hybridized carbons (Fsp3) is 0.750. The zero-order chi connectivity index (χ0) is 25.5. The molecular weight excluding hydrogens is 472 g/mol. The molecule has 194 valence electrons. The largest absolute Gasteiger partial charge is 0.493 e. The second-order valence-corrected chi connectivity index (χ2v) is 11.1. The Hall–Kier alpha value is -1.62. The highest BCUT2D eigenvalue weighted by Crippen LogP contribution is 2.27. The molecule has 0 aromatic carbocycles. The molecule has 0 atom stereocenters. The number of aromatic hydroxyl groups is 2. The maximum atomic E-state index is 10.2. The SMILES string of the molecule is CCn1cc(O)n(CC(C)(C)CCOCCOCCC(C)(C)Cn2c(O)cn(CC)c2=S)c1=S. The van der Waals surface area contributed by atoms with E-state index < -0.39 is 0 Å². The van der Waals surface area contributed by atoms with Crippen LogP contribution in [0.25, 0.3) is 0 Å². The van der Waals surface area contributed by atoms with Gasteiger partial charge in [0, 0.05) is 39.4 Å². The second kappa shape index (κ2) is 12.4. The summed E-state index contributed by atoms with van der Waals surface area (Å²) >= 11 is 10.9. The van der Waals surface area contributed by atoms with Gasteiger partial charge in [0.15, 0.2) is 9.54 Å². The van der Waals surface area contributed by atoms with Crippen molar-refractivity contribution >= 4 is 24.4 Å². The van der Waals surface area contributed by atoms with Crippen molar-refractivity contribution in [2.75, 3.05) is 26.4 Å². The third kappa shape index (κ3) is 7.96. The summed E-state index contributed by atoms with van der Waals surface area (Å²) in [7, 11) is 0. The van der Waals surface area contributed by atoms with Crippen LogP contribution in [0.4, 0.5) is 0 Å². The lowest BCUT2D eigenvalue weighted by Crippen LogP contribution is -2.23. The predicted octanol–water partition coefficient (Wildman–Crippen LogP) is 5.37. The smallest absolute Gasteiger partial charge is 0.210 e. The van der Waals surface area contributed by atoms with E-state index in [4.69, 9.17) is 33.9 Å². The van der Waals surface area contributed by atoms with Crippen molar-refractivity contribution in [3.8, 4) is 11.8 Å². The van der Waals surface area contributed by atoms with Crippen molar-refractivity contribution < 1.29 is 19.7 Å². The maximum Gasteiger partial charge on any atom is 0.210 e. The minimum Gasteiger partial charge on any atom is -0.493 e. The molecule has 0 unspecified atom stereocenters. The zero-order valence-corrected chi connectivity index (χ0v) is 23.2. The number of nitrogens with zero attached hydrogens (tertiary/aromatic N) is 4. The molecule has 0 bridgehead atoms. The topological polar surface area (TPSA) is 78.6 Å². The molecule has 2 rings (SSSR count). The fourth-order valence-corrected chi connectivity index (χ4v) is 4.50. The minimum atomic E-state index is -0.0655. The van der Waals surface area contributed by atoms with Gasteiger partial charge in [0.1, 0.15) is 0 Å². The van der Waals surface area contributed by atoms with Gasteiger partial charge >= 0.3 is 0 Å². The number of imidazole rings is 2. The molecule has 0 fully saturated rings. The van der Waals surface area contributed by atoms with E-state index in [1.165, 1.54) is 0 Å². The average molecular weight is 515 g/mol. The lowest BCUT2D eigenvalue weighted by Gasteiger charge is -2.26. The van der Waals surface area contributed by atoms with Gasteiger partial charge < -0.3 is 28.8 Å². The lowest BCUT2D eigenvalue weighted by molar-refractivity contribution is 0.0258. The van der Waals surface area contributed by atoms with Crippen LogP contribution in [0.5, 0.6) is 11.8 Å². The molecule has 0 aliphatic heterocycles. The summed E-state index contributed by atoms with van der Waals surface area (Å²) in [5, 5.41) is 20.4. The van der Waals surface area contributed by atoms with E-state index in [-0.39, 0.29) is 22.6 Å². The molecule has 0 spiro atoms. The number of hydrogen-bond donors (Lipinski definition) is 2. The molecule has 2 aromatic heterocycles. The van der Waals surface area contributed by atoms with Crippen LogP contribution < -0.4 is 0 Å². The molecule has 2 heterocycles. The summed E-state index contributed by atoms with van der Waals surface area (Å²) in [5.74, 6) is 0.412.